The summed E-state index contributed by atoms with van der Waals surface area (Å²) in [5.74, 6) is 0.927. The van der Waals surface area contributed by atoms with Crippen LogP contribution in [0, 0.1) is 0 Å². The van der Waals surface area contributed by atoms with E-state index in [-0.39, 0.29) is 5.75 Å². The van der Waals surface area contributed by atoms with Crippen LogP contribution in [0.1, 0.15) is 0 Å². The van der Waals surface area contributed by atoms with Crippen LogP contribution in [0.5, 0.6) is 5.75 Å². The smallest absolute Gasteiger partial charge is 0.229 e. The molecular formula is C23H13BN2O2. The van der Waals surface area contributed by atoms with E-state index in [0.717, 1.165) is 44.0 Å². The lowest BCUT2D eigenvalue weighted by atomic mass is 9.94. The normalized spacial score (nSPS) is 11.9. The average molecular weight is 360 g/mol. The minimum atomic E-state index is 0.203. The molecule has 6 aromatic rings. The van der Waals surface area contributed by atoms with E-state index in [9.17, 15) is 5.11 Å². The molecule has 6 rings (SSSR count). The maximum atomic E-state index is 10.1. The Hall–Kier alpha value is -3.73. The summed E-state index contributed by atoms with van der Waals surface area (Å²) in [6.07, 6.45) is 0. The van der Waals surface area contributed by atoms with Gasteiger partial charge in [0.2, 0.25) is 5.71 Å². The minimum Gasteiger partial charge on any atom is -0.508 e. The van der Waals surface area contributed by atoms with E-state index >= 15 is 0 Å². The Morgan fingerprint density at radius 3 is 2.57 bits per heavy atom. The first-order chi connectivity index (χ1) is 13.7. The molecule has 0 aliphatic carbocycles. The highest BCUT2D eigenvalue weighted by molar-refractivity contribution is 6.34. The molecule has 0 fully saturated rings. The van der Waals surface area contributed by atoms with Crippen molar-refractivity contribution in [2.24, 2.45) is 0 Å². The van der Waals surface area contributed by atoms with E-state index in [0.29, 0.717) is 11.2 Å². The fourth-order valence-corrected chi connectivity index (χ4v) is 3.99. The van der Waals surface area contributed by atoms with Crippen molar-refractivity contribution in [2.75, 3.05) is 0 Å². The number of aromatic nitrogens is 2. The fraction of sp³-hybridized carbons (Fsp3) is 0. The predicted molar refractivity (Wildman–Crippen MR) is 113 cm³/mol. The summed E-state index contributed by atoms with van der Waals surface area (Å²) < 4.78 is 7.99. The van der Waals surface area contributed by atoms with Crippen molar-refractivity contribution >= 4 is 57.2 Å². The number of phenolic OH excluding ortho intramolecular Hbond substituents is 1. The number of hydrogen-bond acceptors (Lipinski definition) is 3. The van der Waals surface area contributed by atoms with Crippen LogP contribution in [-0.4, -0.2) is 22.5 Å². The molecule has 4 nitrogen and oxygen atoms in total. The van der Waals surface area contributed by atoms with Gasteiger partial charge < -0.3 is 9.52 Å². The second-order valence-electron chi connectivity index (χ2n) is 6.93. The third kappa shape index (κ3) is 2.04. The van der Waals surface area contributed by atoms with Gasteiger partial charge in [0, 0.05) is 27.6 Å². The third-order valence-corrected chi connectivity index (χ3v) is 5.23. The van der Waals surface area contributed by atoms with Crippen molar-refractivity contribution in [1.82, 2.24) is 9.55 Å². The molecule has 0 aliphatic heterocycles. The lowest BCUT2D eigenvalue weighted by molar-refractivity contribution is 0.476. The van der Waals surface area contributed by atoms with Crippen molar-refractivity contribution in [3.05, 3.63) is 72.8 Å². The molecule has 130 valence electrons. The van der Waals surface area contributed by atoms with Crippen LogP contribution in [0.15, 0.2) is 77.2 Å². The standard InChI is InChI=1S/C23H13BN2O2/c24-13-5-9-19-18(11-13)15-7-6-14(27)12-20(15)26(19)22-10-8-17-16-3-1-2-4-21(16)28-23(17)25-22/h1-12,27H. The van der Waals surface area contributed by atoms with E-state index in [1.54, 1.807) is 12.1 Å². The van der Waals surface area contributed by atoms with Crippen LogP contribution in [-0.2, 0) is 0 Å². The number of benzene rings is 3. The van der Waals surface area contributed by atoms with Crippen LogP contribution >= 0.6 is 0 Å². The van der Waals surface area contributed by atoms with Gasteiger partial charge in [0.25, 0.3) is 0 Å². The number of hydrogen-bond donors (Lipinski definition) is 1. The Balaban J connectivity index is 1.73. The van der Waals surface area contributed by atoms with Gasteiger partial charge in [0.1, 0.15) is 25.0 Å². The SMILES string of the molecule is [B]c1ccc2c(c1)c1ccc(O)cc1n2-c1ccc2c(n1)oc1ccccc12. The molecule has 0 amide bonds. The van der Waals surface area contributed by atoms with Gasteiger partial charge in [-0.3, -0.25) is 4.57 Å². The van der Waals surface area contributed by atoms with E-state index in [1.165, 1.54) is 0 Å². The Bertz CT molecular complexity index is 1550. The van der Waals surface area contributed by atoms with Gasteiger partial charge in [-0.05, 0) is 36.4 Å². The summed E-state index contributed by atoms with van der Waals surface area (Å²) in [5, 5.41) is 14.1. The second kappa shape index (κ2) is 5.39. The molecule has 2 radical (unpaired) electrons. The number of fused-ring (bicyclic) bond motifs is 6. The zero-order chi connectivity index (χ0) is 18.8. The van der Waals surface area contributed by atoms with Gasteiger partial charge in [-0.2, -0.15) is 4.98 Å². The monoisotopic (exact) mass is 360 g/mol. The van der Waals surface area contributed by atoms with Crippen LogP contribution < -0.4 is 5.46 Å². The van der Waals surface area contributed by atoms with Gasteiger partial charge in [0.15, 0.2) is 0 Å². The zero-order valence-electron chi connectivity index (χ0n) is 14.8. The summed E-state index contributed by atoms with van der Waals surface area (Å²) in [6.45, 7) is 0. The molecule has 0 atom stereocenters. The molecule has 28 heavy (non-hydrogen) atoms. The molecule has 0 unspecified atom stereocenters. The van der Waals surface area contributed by atoms with E-state index in [2.05, 4.69) is 0 Å². The molecule has 0 bridgehead atoms. The molecule has 0 spiro atoms. The van der Waals surface area contributed by atoms with Crippen molar-refractivity contribution in [3.63, 3.8) is 0 Å². The summed E-state index contributed by atoms with van der Waals surface area (Å²) >= 11 is 0. The maximum absolute atomic E-state index is 10.1. The average Bonchev–Trinajstić information content (AvgIpc) is 3.22. The van der Waals surface area contributed by atoms with Crippen LogP contribution in [0.3, 0.4) is 0 Å². The van der Waals surface area contributed by atoms with Gasteiger partial charge in [-0.15, -0.1) is 0 Å². The Morgan fingerprint density at radius 1 is 0.786 bits per heavy atom. The number of pyridine rings is 1. The molecule has 0 aliphatic rings. The van der Waals surface area contributed by atoms with Crippen LogP contribution in [0.4, 0.5) is 0 Å². The molecule has 3 heterocycles. The Labute approximate surface area is 161 Å². The van der Waals surface area contributed by atoms with Crippen molar-refractivity contribution in [3.8, 4) is 11.6 Å². The van der Waals surface area contributed by atoms with E-state index in [4.69, 9.17) is 17.2 Å². The number of furan rings is 1. The van der Waals surface area contributed by atoms with Gasteiger partial charge in [0.05, 0.1) is 11.0 Å². The molecular weight excluding hydrogens is 347 g/mol. The summed E-state index contributed by atoms with van der Waals surface area (Å²) in [5.41, 5.74) is 3.93. The lowest BCUT2D eigenvalue weighted by Crippen LogP contribution is -2.01. The fourth-order valence-electron chi connectivity index (χ4n) is 3.99. The van der Waals surface area contributed by atoms with E-state index in [1.807, 2.05) is 65.2 Å². The van der Waals surface area contributed by atoms with Gasteiger partial charge in [-0.1, -0.05) is 35.8 Å². The van der Waals surface area contributed by atoms with Gasteiger partial charge >= 0.3 is 0 Å². The highest BCUT2D eigenvalue weighted by atomic mass is 16.3. The summed E-state index contributed by atoms with van der Waals surface area (Å²) in [7, 11) is 6.02. The number of para-hydroxylation sites is 1. The minimum absolute atomic E-state index is 0.203. The first-order valence-corrected chi connectivity index (χ1v) is 9.00. The number of aromatic hydroxyl groups is 1. The molecule has 0 saturated heterocycles. The molecule has 3 aromatic heterocycles. The third-order valence-electron chi connectivity index (χ3n) is 5.23. The lowest BCUT2D eigenvalue weighted by Gasteiger charge is -2.07. The van der Waals surface area contributed by atoms with Crippen LogP contribution in [0.2, 0.25) is 0 Å². The largest absolute Gasteiger partial charge is 0.508 e. The van der Waals surface area contributed by atoms with E-state index < -0.39 is 0 Å². The van der Waals surface area contributed by atoms with Gasteiger partial charge in [-0.25, -0.2) is 0 Å². The molecule has 1 N–H and O–H groups in total. The second-order valence-corrected chi connectivity index (χ2v) is 6.93. The summed E-state index contributed by atoms with van der Waals surface area (Å²) in [4.78, 5) is 4.79. The van der Waals surface area contributed by atoms with Crippen molar-refractivity contribution < 1.29 is 9.52 Å². The number of phenols is 1. The Kier molecular flexibility index (Phi) is 2.96. The topological polar surface area (TPSA) is 51.2 Å². The maximum Gasteiger partial charge on any atom is 0.229 e. The predicted octanol–water partition coefficient (Wildman–Crippen LogP) is 4.58. The summed E-state index contributed by atoms with van der Waals surface area (Å²) in [6, 6.07) is 23.1. The first kappa shape index (κ1) is 15.3. The van der Waals surface area contributed by atoms with Crippen molar-refractivity contribution in [2.45, 2.75) is 0 Å². The Morgan fingerprint density at radius 2 is 1.64 bits per heavy atom. The highest BCUT2D eigenvalue weighted by Gasteiger charge is 2.15. The van der Waals surface area contributed by atoms with Crippen LogP contribution in [0.25, 0.3) is 49.7 Å². The number of rotatable bonds is 1. The quantitative estimate of drug-likeness (QED) is 0.437. The zero-order valence-corrected chi connectivity index (χ0v) is 14.8. The highest BCUT2D eigenvalue weighted by Crippen LogP contribution is 2.34. The van der Waals surface area contributed by atoms with Crippen molar-refractivity contribution in [1.29, 1.82) is 0 Å². The first-order valence-electron chi connectivity index (χ1n) is 9.00. The molecule has 3 aromatic carbocycles. The number of nitrogens with zero attached hydrogens (tertiary/aromatic N) is 2. The molecule has 0 saturated carbocycles. The molecule has 5 heteroatoms.